The second-order valence-electron chi connectivity index (χ2n) is 7.29. The van der Waals surface area contributed by atoms with Crippen LogP contribution in [0.5, 0.6) is 0 Å². The van der Waals surface area contributed by atoms with Crippen molar-refractivity contribution in [3.8, 4) is 0 Å². The molecule has 0 radical (unpaired) electrons. The van der Waals surface area contributed by atoms with Gasteiger partial charge in [-0.2, -0.15) is 9.97 Å². The molecule has 4 N–H and O–H groups in total. The normalized spacial score (nSPS) is 21.9. The first-order valence-electron chi connectivity index (χ1n) is 9.64. The van der Waals surface area contributed by atoms with E-state index >= 15 is 0 Å². The van der Waals surface area contributed by atoms with E-state index in [1.54, 1.807) is 27.2 Å². The summed E-state index contributed by atoms with van der Waals surface area (Å²) in [4.78, 5) is 24.3. The van der Waals surface area contributed by atoms with Gasteiger partial charge in [0.2, 0.25) is 5.95 Å². The fourth-order valence-corrected chi connectivity index (χ4v) is 3.94. The van der Waals surface area contributed by atoms with Gasteiger partial charge < -0.3 is 20.5 Å². The highest BCUT2D eigenvalue weighted by Crippen LogP contribution is 2.37. The maximum absolute atomic E-state index is 12.0. The Morgan fingerprint density at radius 1 is 1.47 bits per heavy atom. The highest BCUT2D eigenvalue weighted by molar-refractivity contribution is 7.36. The molecule has 3 rings (SSSR count). The second-order valence-corrected chi connectivity index (χ2v) is 8.38. The Balaban J connectivity index is 1.57. The summed E-state index contributed by atoms with van der Waals surface area (Å²) in [5.74, 6) is 0.327. The van der Waals surface area contributed by atoms with Crippen LogP contribution in [0, 0.1) is 5.92 Å². The summed E-state index contributed by atoms with van der Waals surface area (Å²) in [6, 6.07) is 0. The molecule has 0 amide bonds. The molecule has 164 valence electrons. The summed E-state index contributed by atoms with van der Waals surface area (Å²) >= 11 is 0. The van der Waals surface area contributed by atoms with E-state index < -0.39 is 14.1 Å². The molecule has 2 aromatic rings. The van der Waals surface area contributed by atoms with E-state index in [1.807, 2.05) is 11.5 Å². The zero-order valence-corrected chi connectivity index (χ0v) is 18.3. The number of hydrogen-bond acceptors (Lipinski definition) is 10. The van der Waals surface area contributed by atoms with Crippen molar-refractivity contribution >= 4 is 37.1 Å². The minimum absolute atomic E-state index is 0.119. The van der Waals surface area contributed by atoms with Gasteiger partial charge in [-0.1, -0.05) is 12.0 Å². The van der Waals surface area contributed by atoms with Crippen molar-refractivity contribution in [2.45, 2.75) is 45.6 Å². The Morgan fingerprint density at radius 2 is 2.23 bits per heavy atom. The van der Waals surface area contributed by atoms with Gasteiger partial charge in [0.15, 0.2) is 17.0 Å². The molecular weight excluding hydrogens is 413 g/mol. The number of fused-ring (bicyclic) bond motifs is 1. The third-order valence-electron chi connectivity index (χ3n) is 4.50. The van der Waals surface area contributed by atoms with Gasteiger partial charge in [0.1, 0.15) is 19.4 Å². The maximum atomic E-state index is 12.0. The van der Waals surface area contributed by atoms with E-state index in [-0.39, 0.29) is 43.5 Å². The summed E-state index contributed by atoms with van der Waals surface area (Å²) in [5, 5.41) is 5.47. The number of aromatic nitrogens is 4. The van der Waals surface area contributed by atoms with Crippen LogP contribution in [0.15, 0.2) is 6.33 Å². The fourth-order valence-electron chi connectivity index (χ4n) is 3.29. The van der Waals surface area contributed by atoms with Gasteiger partial charge in [-0.15, -0.1) is 4.52 Å². The van der Waals surface area contributed by atoms with Crippen molar-refractivity contribution in [2.24, 2.45) is 5.92 Å². The summed E-state index contributed by atoms with van der Waals surface area (Å²) in [7, 11) is -0.476. The number of imidazole rings is 1. The quantitative estimate of drug-likeness (QED) is 0.384. The van der Waals surface area contributed by atoms with Crippen LogP contribution >= 0.6 is 8.18 Å². The Bertz CT molecular complexity index is 921. The Hall–Kier alpha value is -2.40. The Morgan fingerprint density at radius 3 is 2.93 bits per heavy atom. The number of nitrogen functional groups attached to an aromatic ring is 1. The SMILES string of the molecule is CNc1nc(N)nc2c1ncn2[C@@H]1O[C@H](CO[P+](=O)NCC(=O)OC(C)C)C[C@@H]1C. The van der Waals surface area contributed by atoms with Crippen molar-refractivity contribution in [3.05, 3.63) is 6.33 Å². The van der Waals surface area contributed by atoms with E-state index in [0.717, 1.165) is 0 Å². The van der Waals surface area contributed by atoms with Gasteiger partial charge in [0, 0.05) is 13.0 Å². The van der Waals surface area contributed by atoms with E-state index in [9.17, 15) is 9.36 Å². The van der Waals surface area contributed by atoms with Gasteiger partial charge in [-0.25, -0.2) is 4.98 Å². The van der Waals surface area contributed by atoms with Crippen molar-refractivity contribution in [3.63, 3.8) is 0 Å². The zero-order chi connectivity index (χ0) is 21.8. The third-order valence-corrected chi connectivity index (χ3v) is 5.30. The standard InChI is InChI=1S/C17H27N7O5P/c1-9(2)28-12(25)6-21-30(26)27-7-11-5-10(3)16(29-11)24-8-20-13-14(19-4)22-17(18)23-15(13)24/h8-11,16H,5-7H2,1-4H3,(H,21,26)(H3,18,19,22,23)/q+1/t10-,11-,16+/m0/s1. The van der Waals surface area contributed by atoms with Gasteiger partial charge in [-0.05, 0) is 24.8 Å². The number of hydrogen-bond donors (Lipinski definition) is 3. The van der Waals surface area contributed by atoms with Crippen LogP contribution in [0.25, 0.3) is 11.2 Å². The number of esters is 1. The van der Waals surface area contributed by atoms with Crippen LogP contribution in [-0.2, 0) is 23.4 Å². The lowest BCUT2D eigenvalue weighted by Crippen LogP contribution is -2.23. The van der Waals surface area contributed by atoms with E-state index in [1.165, 1.54) is 0 Å². The van der Waals surface area contributed by atoms with Gasteiger partial charge in [-0.3, -0.25) is 9.36 Å². The molecular formula is C17H27N7O5P+. The predicted molar refractivity (Wildman–Crippen MR) is 110 cm³/mol. The van der Waals surface area contributed by atoms with E-state index in [4.69, 9.17) is 19.7 Å². The average Bonchev–Trinajstić information content (AvgIpc) is 3.26. The molecule has 1 fully saturated rings. The summed E-state index contributed by atoms with van der Waals surface area (Å²) in [6.07, 6.45) is 1.52. The number of ether oxygens (including phenoxy) is 2. The van der Waals surface area contributed by atoms with Crippen LogP contribution in [0.2, 0.25) is 0 Å². The number of nitrogens with two attached hydrogens (primary N) is 1. The molecule has 0 aromatic carbocycles. The minimum Gasteiger partial charge on any atom is -0.462 e. The topological polar surface area (TPSA) is 156 Å². The van der Waals surface area contributed by atoms with Crippen molar-refractivity contribution in [1.29, 1.82) is 0 Å². The van der Waals surface area contributed by atoms with Gasteiger partial charge in [0.05, 0.1) is 18.5 Å². The molecule has 13 heteroatoms. The highest BCUT2D eigenvalue weighted by atomic mass is 31.1. The molecule has 1 aliphatic rings. The summed E-state index contributed by atoms with van der Waals surface area (Å²) < 4.78 is 30.2. The molecule has 0 saturated carbocycles. The van der Waals surface area contributed by atoms with E-state index in [2.05, 4.69) is 25.4 Å². The molecule has 30 heavy (non-hydrogen) atoms. The van der Waals surface area contributed by atoms with Gasteiger partial charge >= 0.3 is 14.1 Å². The largest absolute Gasteiger partial charge is 0.613 e. The number of anilines is 2. The van der Waals surface area contributed by atoms with Crippen LogP contribution in [0.4, 0.5) is 11.8 Å². The molecule has 0 bridgehead atoms. The van der Waals surface area contributed by atoms with Crippen molar-refractivity contribution < 1.29 is 23.4 Å². The van der Waals surface area contributed by atoms with Crippen molar-refractivity contribution in [1.82, 2.24) is 24.6 Å². The lowest BCUT2D eigenvalue weighted by molar-refractivity contribution is -0.145. The molecule has 1 unspecified atom stereocenters. The molecule has 12 nitrogen and oxygen atoms in total. The zero-order valence-electron chi connectivity index (χ0n) is 17.4. The smallest absolute Gasteiger partial charge is 0.462 e. The average molecular weight is 440 g/mol. The minimum atomic E-state index is -2.21. The Kier molecular flexibility index (Phi) is 7.14. The lowest BCUT2D eigenvalue weighted by Gasteiger charge is -2.17. The first-order chi connectivity index (χ1) is 14.3. The second kappa shape index (κ2) is 9.61. The van der Waals surface area contributed by atoms with Crippen LogP contribution in [-0.4, -0.2) is 57.9 Å². The molecule has 4 atom stereocenters. The maximum Gasteiger partial charge on any atom is 0.613 e. The highest BCUT2D eigenvalue weighted by Gasteiger charge is 2.37. The van der Waals surface area contributed by atoms with Crippen LogP contribution in [0.3, 0.4) is 0 Å². The Labute approximate surface area is 174 Å². The number of carbonyl (C=O) groups is 1. The number of carbonyl (C=O) groups excluding carboxylic acids is 1. The monoisotopic (exact) mass is 440 g/mol. The number of nitrogens with one attached hydrogen (secondary N) is 2. The molecule has 0 spiro atoms. The van der Waals surface area contributed by atoms with Crippen molar-refractivity contribution in [2.75, 3.05) is 31.2 Å². The van der Waals surface area contributed by atoms with Crippen LogP contribution in [0.1, 0.15) is 33.4 Å². The molecule has 0 aliphatic carbocycles. The molecule has 1 saturated heterocycles. The first-order valence-corrected chi connectivity index (χ1v) is 10.8. The van der Waals surface area contributed by atoms with Gasteiger partial charge in [0.25, 0.3) is 0 Å². The first kappa shape index (κ1) is 22.3. The number of rotatable bonds is 9. The van der Waals surface area contributed by atoms with E-state index in [0.29, 0.717) is 23.4 Å². The molecule has 2 aromatic heterocycles. The lowest BCUT2D eigenvalue weighted by atomic mass is 10.1. The summed E-state index contributed by atoms with van der Waals surface area (Å²) in [6.45, 7) is 5.46. The fraction of sp³-hybridized carbons (Fsp3) is 0.647. The summed E-state index contributed by atoms with van der Waals surface area (Å²) in [5.41, 5.74) is 6.98. The number of nitrogens with zero attached hydrogens (tertiary/aromatic N) is 4. The molecule has 3 heterocycles. The predicted octanol–water partition coefficient (Wildman–Crippen LogP) is 1.59. The third kappa shape index (κ3) is 5.20. The van der Waals surface area contributed by atoms with Crippen LogP contribution < -0.4 is 16.1 Å². The molecule has 1 aliphatic heterocycles.